The molecule has 21 aromatic rings. The normalized spacial score (nSPS) is 11.1. The van der Waals surface area contributed by atoms with Gasteiger partial charge in [-0.25, -0.2) is 29.9 Å². The summed E-state index contributed by atoms with van der Waals surface area (Å²) in [7, 11) is -3.11. The van der Waals surface area contributed by atoms with E-state index < -0.39 is 10.6 Å². The maximum absolute atomic E-state index is 8.44. The quantitative estimate of drug-likeness (QED) is 0.100. The van der Waals surface area contributed by atoms with Gasteiger partial charge in [-0.15, -0.1) is 12.6 Å². The smallest absolute Gasteiger partial charge is 0.358 e. The predicted octanol–water partition coefficient (Wildman–Crippen LogP) is 10.8. The maximum Gasteiger partial charge on any atom is 2.00 e. The molecule has 37 nitrogen and oxygen atoms in total. The Kier molecular flexibility index (Phi) is 25.0. The summed E-state index contributed by atoms with van der Waals surface area (Å²) in [5.74, 6) is 5.24. The van der Waals surface area contributed by atoms with Crippen molar-refractivity contribution in [2.45, 2.75) is 27.7 Å². The number of aromatic nitrogens is 34. The van der Waals surface area contributed by atoms with Crippen molar-refractivity contribution in [2.24, 2.45) is 0 Å². The number of pyridine rings is 10. The Morgan fingerprint density at radius 3 is 0.729 bits per heavy atom. The molecule has 27 rings (SSSR count). The van der Waals surface area contributed by atoms with E-state index in [1.54, 1.807) is 86.8 Å². The van der Waals surface area contributed by atoms with Gasteiger partial charge >= 0.3 is 91.4 Å². The number of hydrogen-bond acceptors (Lipinski definition) is 31. The first-order valence-corrected chi connectivity index (χ1v) is 40.7. The summed E-state index contributed by atoms with van der Waals surface area (Å²) in [6.45, 7) is 8.00. The average molecular weight is 1920 g/mol. The van der Waals surface area contributed by atoms with Crippen LogP contribution >= 0.6 is 0 Å². The van der Waals surface area contributed by atoms with Crippen LogP contribution in [0.25, 0.3) is 270 Å². The largest absolute Gasteiger partial charge is 2.00 e. The second-order valence-corrected chi connectivity index (χ2v) is 28.2. The van der Waals surface area contributed by atoms with Crippen LogP contribution in [0, 0.1) is 7.43 Å². The van der Waals surface area contributed by atoms with E-state index in [1.165, 1.54) is 0 Å². The summed E-state index contributed by atoms with van der Waals surface area (Å²) < 4.78 is 25.3. The van der Waals surface area contributed by atoms with Gasteiger partial charge in [0.15, 0.2) is 0 Å². The monoisotopic (exact) mass is 1910 g/mol. The van der Waals surface area contributed by atoms with Crippen molar-refractivity contribution in [3.63, 3.8) is 0 Å². The number of nitrogens with zero attached hydrogens (tertiary/aromatic N) is 34. The fourth-order valence-electron chi connectivity index (χ4n) is 15.2. The fourth-order valence-corrected chi connectivity index (χ4v) is 15.2. The third-order valence-corrected chi connectivity index (χ3v) is 20.7. The molecule has 6 aliphatic rings. The van der Waals surface area contributed by atoms with E-state index in [0.29, 0.717) is 171 Å². The first-order valence-electron chi connectivity index (χ1n) is 39.7. The average Bonchev–Trinajstić information content (AvgIpc) is 1.61. The van der Waals surface area contributed by atoms with E-state index in [1.807, 2.05) is 173 Å². The first-order chi connectivity index (χ1) is 63.1. The van der Waals surface area contributed by atoms with Crippen molar-refractivity contribution in [3.8, 4) is 137 Å². The molecular weight excluding hydrogens is 1860 g/mol. The molecule has 0 unspecified atom stereocenters. The molecule has 0 N–H and O–H groups in total. The van der Waals surface area contributed by atoms with Crippen LogP contribution in [0.15, 0.2) is 232 Å². The van der Waals surface area contributed by atoms with Crippen LogP contribution < -0.4 is 59.5 Å². The van der Waals surface area contributed by atoms with E-state index in [9.17, 15) is 0 Å². The summed E-state index contributed by atoms with van der Waals surface area (Å²) in [6, 6.07) is 45.6. The zero-order valence-electron chi connectivity index (χ0n) is 69.7. The Bertz CT molecular complexity index is 7220. The van der Waals surface area contributed by atoms with Gasteiger partial charge in [0.05, 0.1) is 57.6 Å². The Labute approximate surface area is 804 Å². The van der Waals surface area contributed by atoms with E-state index >= 15 is 0 Å². The molecule has 0 spiro atoms. The van der Waals surface area contributed by atoms with Crippen molar-refractivity contribution in [2.75, 3.05) is 0 Å². The van der Waals surface area contributed by atoms with Gasteiger partial charge in [0, 0.05) is 221 Å². The minimum Gasteiger partial charge on any atom is -0.358 e. The maximum atomic E-state index is 8.44. The number of rotatable bonds is 0. The minimum absolute atomic E-state index is 0. The van der Waals surface area contributed by atoms with E-state index in [4.69, 9.17) is 132 Å². The van der Waals surface area contributed by atoms with Crippen LogP contribution in [0.3, 0.4) is 0 Å². The zero-order valence-corrected chi connectivity index (χ0v) is 75.3. The zero-order chi connectivity index (χ0) is 86.2. The van der Waals surface area contributed by atoms with E-state index in [2.05, 4.69) is 49.8 Å². The molecule has 42 heteroatoms. The molecule has 3 radical (unpaired) electrons. The fraction of sp³-hybridized carbons (Fsp3) is 0.0440. The number of hydrogen-bond donors (Lipinski definition) is 0. The van der Waals surface area contributed by atoms with Crippen LogP contribution in [-0.2, 0) is 61.8 Å². The SMILES string of the molecule is CC.CC.O=S(=O)=O.[CH3-].[Cu+2].[Cu+2].[Cu+2].[Na+].c1cc2c(cn1)-c1nc-2nc2[n-]c(nc3nc(nc4[n-]c(n1)c1ccncc41)-c1ccncc1-3)c1ccncc21.c1cnc2c(c1)-c1nc-2nc2[n-]c(nc3nc(nc4[n-]c(n1)c1ccccc41)-c1ncccc1-3)c1ccccc21.c1cnc2c(c1)-c1nc-2nc2[n-]c(nc3nc(nc4[n-]c(n1)c1ncccc41)-c1ncccc1-3)c1ncccc21. The molecule has 0 atom stereocenters. The van der Waals surface area contributed by atoms with Crippen LogP contribution in [0.5, 0.6) is 0 Å². The summed E-state index contributed by atoms with van der Waals surface area (Å²) in [6.07, 6.45) is 23.9. The molecule has 6 aliphatic heterocycles. The van der Waals surface area contributed by atoms with Crippen molar-refractivity contribution in [1.82, 2.24) is 169 Å². The standard InChI is InChI=1S/C30H14N10.2C28H12N12.2C2H6.CH3.3Cu.Na.O3S/c1-3-9-17-15(7-1)23-33-25(17)37-29-22-20(12-6-14-32-22)28(40-29)36-24-16-8-2-4-10-18(16)26(34-24)38-30-21-19(11-5-13-31-21)27(35-23)39-30;1-5-29-9-17-13(1)21-33-25(17)38-22-15-3-7-31-11-19(15)27(35-22)40-24-16-4-8-32-12-20(16)28(36-24)39-23-14-2-6-30-10-18(14)26(34-23)37-21;1-5-13-17(29-9-1)25-33-21(13)37-26-18-14(6-2-10-30-18)23(34-26)39-28-20-16(8-4-12-32-20)24(36-28)40-27-19-15(7-3-11-31-19)22(35-27)38-25;2*1-2;;;;;;1-4(2)3/h1-14H;2*1-12H;2*1-2H3;1H3;;;;;/q3*-2;;;-1;3*+2;+1;. The summed E-state index contributed by atoms with van der Waals surface area (Å²) in [5.41, 5.74) is 15.1. The van der Waals surface area contributed by atoms with Gasteiger partial charge in [0.2, 0.25) is 0 Å². The van der Waals surface area contributed by atoms with Gasteiger partial charge in [0.1, 0.15) is 46.1 Å². The third-order valence-electron chi connectivity index (χ3n) is 20.7. The second kappa shape index (κ2) is 37.3. The summed E-state index contributed by atoms with van der Waals surface area (Å²) >= 11 is 0. The minimum atomic E-state index is -3.11. The van der Waals surface area contributed by atoms with Crippen molar-refractivity contribution >= 4 is 143 Å². The summed E-state index contributed by atoms with van der Waals surface area (Å²) in [4.78, 5) is 160. The predicted molar refractivity (Wildman–Crippen MR) is 479 cm³/mol. The van der Waals surface area contributed by atoms with Gasteiger partial charge in [-0.1, -0.05) is 88.4 Å². The second-order valence-electron chi connectivity index (χ2n) is 27.8. The van der Waals surface area contributed by atoms with Gasteiger partial charge in [-0.2, -0.15) is 0 Å². The van der Waals surface area contributed by atoms with Gasteiger partial charge in [-0.05, 0) is 117 Å². The molecule has 24 bridgehead atoms. The van der Waals surface area contributed by atoms with Crippen LogP contribution in [0.1, 0.15) is 27.7 Å². The molecule has 0 aliphatic carbocycles. The Balaban J connectivity index is 0.000000131. The van der Waals surface area contributed by atoms with Crippen LogP contribution in [0.2, 0.25) is 0 Å². The molecule has 19 aromatic heterocycles. The third kappa shape index (κ3) is 16.0. The molecule has 0 fully saturated rings. The molecule has 0 saturated carbocycles. The molecule has 133 heavy (non-hydrogen) atoms. The topological polar surface area (TPSA) is 497 Å². The van der Waals surface area contributed by atoms with Crippen molar-refractivity contribution in [3.05, 3.63) is 240 Å². The Morgan fingerprint density at radius 2 is 0.414 bits per heavy atom. The summed E-state index contributed by atoms with van der Waals surface area (Å²) in [5, 5.41) is 7.93. The Hall–Kier alpha value is -15.8. The van der Waals surface area contributed by atoms with Crippen molar-refractivity contribution < 1.29 is 93.4 Å². The van der Waals surface area contributed by atoms with E-state index in [-0.39, 0.29) is 88.2 Å². The number of benzene rings is 2. The molecule has 0 saturated heterocycles. The molecule has 2 aromatic carbocycles. The molecule has 645 valence electrons. The molecule has 0 amide bonds. The Morgan fingerprint density at radius 1 is 0.203 bits per heavy atom. The van der Waals surface area contributed by atoms with Gasteiger partial charge in [0.25, 0.3) is 0 Å². The van der Waals surface area contributed by atoms with Crippen LogP contribution in [-0.4, -0.2) is 152 Å². The number of fused-ring (bicyclic) bond motifs is 60. The van der Waals surface area contributed by atoms with Crippen molar-refractivity contribution in [1.29, 1.82) is 0 Å². The van der Waals surface area contributed by atoms with Gasteiger partial charge < -0.3 is 97.1 Å². The first kappa shape index (κ1) is 89.2. The van der Waals surface area contributed by atoms with Gasteiger partial charge in [-0.3, -0.25) is 49.8 Å². The molecule has 25 heterocycles. The van der Waals surface area contributed by atoms with E-state index in [0.717, 1.165) is 98.4 Å². The molecular formula is C91H53Cu3N34NaO3S. The van der Waals surface area contributed by atoms with Crippen LogP contribution in [0.4, 0.5) is 0 Å².